The lowest BCUT2D eigenvalue weighted by Crippen LogP contribution is -2.30. The van der Waals surface area contributed by atoms with Gasteiger partial charge in [-0.3, -0.25) is 9.59 Å². The van der Waals surface area contributed by atoms with Crippen LogP contribution in [0.5, 0.6) is 0 Å². The van der Waals surface area contributed by atoms with Crippen molar-refractivity contribution >= 4 is 34.2 Å². The number of carbonyl (C=O) groups is 2. The monoisotopic (exact) mass is 494 g/mol. The van der Waals surface area contributed by atoms with Crippen molar-refractivity contribution in [2.24, 2.45) is 11.8 Å². The number of ketones is 2. The Balaban J connectivity index is 1.61. The highest BCUT2D eigenvalue weighted by Gasteiger charge is 2.54. The van der Waals surface area contributed by atoms with Crippen LogP contribution in [-0.4, -0.2) is 11.6 Å². The Morgan fingerprint density at radius 3 is 1.34 bits per heavy atom. The van der Waals surface area contributed by atoms with Crippen LogP contribution in [-0.2, 0) is 5.41 Å². The van der Waals surface area contributed by atoms with Crippen molar-refractivity contribution in [1.82, 2.24) is 0 Å². The molecule has 4 heteroatoms. The minimum absolute atomic E-state index is 0.157. The van der Waals surface area contributed by atoms with Crippen molar-refractivity contribution in [1.29, 1.82) is 0 Å². The van der Waals surface area contributed by atoms with E-state index in [1.807, 2.05) is 24.3 Å². The van der Waals surface area contributed by atoms with Crippen LogP contribution < -0.4 is 0 Å². The highest BCUT2D eigenvalue weighted by Crippen LogP contribution is 2.68. The van der Waals surface area contributed by atoms with Crippen molar-refractivity contribution in [3.8, 4) is 32.0 Å². The third-order valence-corrected chi connectivity index (χ3v) is 10.3. The van der Waals surface area contributed by atoms with E-state index in [4.69, 9.17) is 0 Å². The minimum atomic E-state index is -0.212. The van der Waals surface area contributed by atoms with Gasteiger partial charge >= 0.3 is 0 Å². The lowest BCUT2D eigenvalue weighted by molar-refractivity contribution is 0.103. The van der Waals surface area contributed by atoms with Gasteiger partial charge in [0.1, 0.15) is 0 Å². The average molecular weight is 495 g/mol. The van der Waals surface area contributed by atoms with E-state index in [-0.39, 0.29) is 17.0 Å². The summed E-state index contributed by atoms with van der Waals surface area (Å²) in [7, 11) is 0. The molecule has 0 saturated heterocycles. The normalized spacial score (nSPS) is 15.9. The molecule has 174 valence electrons. The Morgan fingerprint density at radius 2 is 0.971 bits per heavy atom. The highest BCUT2D eigenvalue weighted by atomic mass is 32.1. The van der Waals surface area contributed by atoms with Gasteiger partial charge in [0.2, 0.25) is 11.6 Å². The first kappa shape index (κ1) is 21.5. The standard InChI is InChI=1S/C31H26O2S2/c1-15(2)13-31(14-16(3)4)23-21-17-9-5-7-11-19(17)25(32)27(21)34-29(23)30-24(31)22-18-10-6-8-12-20(18)26(33)28(22)35-30/h5-12,15-16H,13-14H2,1-4H3. The molecular weight excluding hydrogens is 468 g/mol. The van der Waals surface area contributed by atoms with Crippen molar-refractivity contribution in [3.05, 3.63) is 80.5 Å². The van der Waals surface area contributed by atoms with Gasteiger partial charge in [0, 0.05) is 27.7 Å². The second-order valence-corrected chi connectivity index (χ2v) is 13.1. The zero-order valence-corrected chi connectivity index (χ0v) is 22.0. The first-order valence-corrected chi connectivity index (χ1v) is 14.1. The molecule has 0 unspecified atom stereocenters. The van der Waals surface area contributed by atoms with Gasteiger partial charge in [0.15, 0.2) is 0 Å². The van der Waals surface area contributed by atoms with Gasteiger partial charge in [-0.1, -0.05) is 76.2 Å². The second-order valence-electron chi connectivity index (χ2n) is 11.0. The summed E-state index contributed by atoms with van der Waals surface area (Å²) in [5, 5.41) is 0. The summed E-state index contributed by atoms with van der Waals surface area (Å²) in [6, 6.07) is 16.2. The van der Waals surface area contributed by atoms with Crippen molar-refractivity contribution < 1.29 is 9.59 Å². The van der Waals surface area contributed by atoms with E-state index in [0.717, 1.165) is 44.8 Å². The first-order valence-electron chi connectivity index (χ1n) is 12.5. The van der Waals surface area contributed by atoms with Gasteiger partial charge < -0.3 is 0 Å². The lowest BCUT2D eigenvalue weighted by Gasteiger charge is -2.36. The summed E-state index contributed by atoms with van der Waals surface area (Å²) >= 11 is 3.33. The molecule has 7 rings (SSSR count). The van der Waals surface area contributed by atoms with Gasteiger partial charge in [-0.05, 0) is 46.9 Å². The Labute approximate surface area is 213 Å². The van der Waals surface area contributed by atoms with E-state index < -0.39 is 0 Å². The van der Waals surface area contributed by atoms with Gasteiger partial charge in [-0.25, -0.2) is 0 Å². The molecule has 0 bridgehead atoms. The molecule has 35 heavy (non-hydrogen) atoms. The van der Waals surface area contributed by atoms with Crippen LogP contribution >= 0.6 is 22.7 Å². The molecule has 0 spiro atoms. The van der Waals surface area contributed by atoms with E-state index in [9.17, 15) is 9.59 Å². The largest absolute Gasteiger partial charge is 0.288 e. The van der Waals surface area contributed by atoms with Crippen LogP contribution in [0.1, 0.15) is 82.1 Å². The molecule has 0 amide bonds. The van der Waals surface area contributed by atoms with Crippen LogP contribution in [0.4, 0.5) is 0 Å². The maximum absolute atomic E-state index is 13.5. The maximum atomic E-state index is 13.5. The SMILES string of the molecule is CC(C)CC1(CC(C)C)c2c(sc3c2-c2ccccc2C3=O)-c2sc3c(c21)-c1ccccc1C3=O. The van der Waals surface area contributed by atoms with Crippen LogP contribution in [0.15, 0.2) is 48.5 Å². The number of rotatable bonds is 4. The number of fused-ring (bicyclic) bond motifs is 11. The molecule has 0 radical (unpaired) electrons. The van der Waals surface area contributed by atoms with E-state index >= 15 is 0 Å². The molecule has 0 N–H and O–H groups in total. The van der Waals surface area contributed by atoms with Crippen molar-refractivity contribution in [2.45, 2.75) is 46.0 Å². The third-order valence-electron chi connectivity index (χ3n) is 7.79. The molecule has 3 aliphatic carbocycles. The van der Waals surface area contributed by atoms with E-state index in [0.29, 0.717) is 11.8 Å². The van der Waals surface area contributed by atoms with Gasteiger partial charge in [-0.2, -0.15) is 0 Å². The fourth-order valence-corrected chi connectivity index (χ4v) is 9.86. The number of carbonyl (C=O) groups excluding carboxylic acids is 2. The zero-order valence-electron chi connectivity index (χ0n) is 20.3. The average Bonchev–Trinajstić information content (AvgIpc) is 3.56. The molecule has 3 aliphatic rings. The number of hydrogen-bond acceptors (Lipinski definition) is 4. The molecule has 2 nitrogen and oxygen atoms in total. The van der Waals surface area contributed by atoms with Gasteiger partial charge in [0.05, 0.1) is 19.5 Å². The lowest BCUT2D eigenvalue weighted by atomic mass is 9.66. The second kappa shape index (κ2) is 7.11. The minimum Gasteiger partial charge on any atom is -0.288 e. The molecule has 0 aliphatic heterocycles. The summed E-state index contributed by atoms with van der Waals surface area (Å²) in [4.78, 5) is 31.2. The molecule has 0 saturated carbocycles. The first-order chi connectivity index (χ1) is 16.8. The number of hydrogen-bond donors (Lipinski definition) is 0. The smallest absolute Gasteiger partial charge is 0.204 e. The summed E-state index contributed by atoms with van der Waals surface area (Å²) in [5.41, 5.74) is 8.69. The van der Waals surface area contributed by atoms with E-state index in [1.54, 1.807) is 22.7 Å². The maximum Gasteiger partial charge on any atom is 0.204 e. The predicted molar refractivity (Wildman–Crippen MR) is 145 cm³/mol. The molecule has 0 atom stereocenters. The topological polar surface area (TPSA) is 34.1 Å². The van der Waals surface area contributed by atoms with Crippen LogP contribution in [0.2, 0.25) is 0 Å². The molecule has 0 fully saturated rings. The fraction of sp³-hybridized carbons (Fsp3) is 0.290. The highest BCUT2D eigenvalue weighted by molar-refractivity contribution is 7.25. The van der Waals surface area contributed by atoms with E-state index in [1.165, 1.54) is 32.0 Å². The number of thiophene rings is 2. The predicted octanol–water partition coefficient (Wildman–Crippen LogP) is 8.59. The fourth-order valence-electron chi connectivity index (χ4n) is 6.98. The van der Waals surface area contributed by atoms with Crippen molar-refractivity contribution in [3.63, 3.8) is 0 Å². The van der Waals surface area contributed by atoms with Crippen LogP contribution in [0, 0.1) is 11.8 Å². The molecule has 2 aromatic heterocycles. The van der Waals surface area contributed by atoms with E-state index in [2.05, 4.69) is 52.0 Å². The molecule has 2 heterocycles. The summed E-state index contributed by atoms with van der Waals surface area (Å²) < 4.78 is 0. The Kier molecular flexibility index (Phi) is 4.36. The van der Waals surface area contributed by atoms with Crippen molar-refractivity contribution in [2.75, 3.05) is 0 Å². The molecule has 4 aromatic rings. The third kappa shape index (κ3) is 2.59. The summed E-state index contributed by atoms with van der Waals surface area (Å²) in [6.45, 7) is 9.21. The van der Waals surface area contributed by atoms with Gasteiger partial charge in [-0.15, -0.1) is 22.7 Å². The molecular formula is C31H26O2S2. The quantitative estimate of drug-likeness (QED) is 0.246. The summed E-state index contributed by atoms with van der Waals surface area (Å²) in [6.07, 6.45) is 2.01. The Hall–Kier alpha value is -2.82. The molecule has 2 aromatic carbocycles. The summed E-state index contributed by atoms with van der Waals surface area (Å²) in [5.74, 6) is 1.26. The zero-order chi connectivity index (χ0) is 24.2. The van der Waals surface area contributed by atoms with Crippen LogP contribution in [0.25, 0.3) is 32.0 Å². The van der Waals surface area contributed by atoms with Crippen LogP contribution in [0.3, 0.4) is 0 Å². The van der Waals surface area contributed by atoms with Gasteiger partial charge in [0.25, 0.3) is 0 Å². The Morgan fingerprint density at radius 1 is 0.600 bits per heavy atom. The Bertz CT molecular complexity index is 1470. The number of benzene rings is 2.